The van der Waals surface area contributed by atoms with Crippen LogP contribution in [0.2, 0.25) is 0 Å². The molecule has 0 aliphatic heterocycles. The molecule has 19 heavy (non-hydrogen) atoms. The SMILES string of the molecule is COc1ccc(C)cc1CC(NN)c1ccc(C)o1. The number of nitrogens with two attached hydrogens (primary N) is 1. The Hall–Kier alpha value is -1.78. The average Bonchev–Trinajstić information content (AvgIpc) is 2.82. The van der Waals surface area contributed by atoms with Crippen molar-refractivity contribution < 1.29 is 9.15 Å². The Kier molecular flexibility index (Phi) is 4.24. The molecule has 1 aromatic heterocycles. The van der Waals surface area contributed by atoms with Crippen LogP contribution < -0.4 is 16.0 Å². The fraction of sp³-hybridized carbons (Fsp3) is 0.333. The Bertz CT molecular complexity index is 549. The Balaban J connectivity index is 2.25. The van der Waals surface area contributed by atoms with Gasteiger partial charge in [-0.25, -0.2) is 5.43 Å². The number of hydrogen-bond acceptors (Lipinski definition) is 4. The van der Waals surface area contributed by atoms with Crippen LogP contribution in [-0.4, -0.2) is 7.11 Å². The molecule has 0 saturated carbocycles. The molecule has 4 heteroatoms. The zero-order valence-electron chi connectivity index (χ0n) is 11.6. The summed E-state index contributed by atoms with van der Waals surface area (Å²) in [5.74, 6) is 8.23. The third-order valence-electron chi connectivity index (χ3n) is 3.17. The van der Waals surface area contributed by atoms with Crippen LogP contribution in [0.5, 0.6) is 5.75 Å². The molecule has 1 unspecified atom stereocenters. The number of furan rings is 1. The van der Waals surface area contributed by atoms with Gasteiger partial charge in [0.15, 0.2) is 0 Å². The van der Waals surface area contributed by atoms with Gasteiger partial charge in [-0.2, -0.15) is 0 Å². The topological polar surface area (TPSA) is 60.4 Å². The number of benzene rings is 1. The number of ether oxygens (including phenoxy) is 1. The zero-order chi connectivity index (χ0) is 13.8. The highest BCUT2D eigenvalue weighted by Crippen LogP contribution is 2.26. The monoisotopic (exact) mass is 260 g/mol. The molecule has 1 atom stereocenters. The summed E-state index contributed by atoms with van der Waals surface area (Å²) in [5.41, 5.74) is 5.11. The minimum absolute atomic E-state index is 0.0654. The summed E-state index contributed by atoms with van der Waals surface area (Å²) in [7, 11) is 1.68. The number of aryl methyl sites for hydroxylation is 2. The molecule has 102 valence electrons. The second kappa shape index (κ2) is 5.91. The van der Waals surface area contributed by atoms with E-state index in [4.69, 9.17) is 15.0 Å². The fourth-order valence-electron chi connectivity index (χ4n) is 2.17. The van der Waals surface area contributed by atoms with Crippen LogP contribution in [0, 0.1) is 13.8 Å². The predicted octanol–water partition coefficient (Wildman–Crippen LogP) is 2.65. The molecule has 2 aromatic rings. The zero-order valence-corrected chi connectivity index (χ0v) is 11.6. The van der Waals surface area contributed by atoms with Crippen molar-refractivity contribution in [2.75, 3.05) is 7.11 Å². The van der Waals surface area contributed by atoms with Gasteiger partial charge >= 0.3 is 0 Å². The van der Waals surface area contributed by atoms with Gasteiger partial charge < -0.3 is 9.15 Å². The van der Waals surface area contributed by atoms with Crippen molar-refractivity contribution in [3.63, 3.8) is 0 Å². The molecule has 0 bridgehead atoms. The number of rotatable bonds is 5. The first-order chi connectivity index (χ1) is 9.13. The van der Waals surface area contributed by atoms with Gasteiger partial charge in [0, 0.05) is 0 Å². The van der Waals surface area contributed by atoms with Crippen LogP contribution >= 0.6 is 0 Å². The molecule has 0 aliphatic carbocycles. The Labute approximate surface area is 113 Å². The number of hydrogen-bond donors (Lipinski definition) is 2. The predicted molar refractivity (Wildman–Crippen MR) is 74.9 cm³/mol. The van der Waals surface area contributed by atoms with Gasteiger partial charge in [0.2, 0.25) is 0 Å². The molecule has 1 aromatic carbocycles. The summed E-state index contributed by atoms with van der Waals surface area (Å²) in [4.78, 5) is 0. The van der Waals surface area contributed by atoms with E-state index in [9.17, 15) is 0 Å². The van der Waals surface area contributed by atoms with Crippen molar-refractivity contribution in [3.8, 4) is 5.75 Å². The Morgan fingerprint density at radius 3 is 2.63 bits per heavy atom. The Morgan fingerprint density at radius 2 is 2.05 bits per heavy atom. The smallest absolute Gasteiger partial charge is 0.122 e. The van der Waals surface area contributed by atoms with E-state index >= 15 is 0 Å². The largest absolute Gasteiger partial charge is 0.496 e. The second-order valence-corrected chi connectivity index (χ2v) is 4.69. The van der Waals surface area contributed by atoms with Gasteiger partial charge in [0.25, 0.3) is 0 Å². The molecule has 0 fully saturated rings. The summed E-state index contributed by atoms with van der Waals surface area (Å²) < 4.78 is 11.0. The summed E-state index contributed by atoms with van der Waals surface area (Å²) >= 11 is 0. The van der Waals surface area contributed by atoms with Gasteiger partial charge in [-0.1, -0.05) is 17.7 Å². The van der Waals surface area contributed by atoms with Crippen molar-refractivity contribution >= 4 is 0 Å². The van der Waals surface area contributed by atoms with Crippen LogP contribution in [0.25, 0.3) is 0 Å². The number of methoxy groups -OCH3 is 1. The first-order valence-electron chi connectivity index (χ1n) is 6.30. The van der Waals surface area contributed by atoms with Crippen LogP contribution in [0.4, 0.5) is 0 Å². The second-order valence-electron chi connectivity index (χ2n) is 4.69. The van der Waals surface area contributed by atoms with Gasteiger partial charge in [0.1, 0.15) is 17.3 Å². The van der Waals surface area contributed by atoms with Crippen LogP contribution in [-0.2, 0) is 6.42 Å². The lowest BCUT2D eigenvalue weighted by Crippen LogP contribution is -2.29. The average molecular weight is 260 g/mol. The van der Waals surface area contributed by atoms with Crippen molar-refractivity contribution in [1.82, 2.24) is 5.43 Å². The van der Waals surface area contributed by atoms with Crippen LogP contribution in [0.1, 0.15) is 28.7 Å². The highest BCUT2D eigenvalue weighted by Gasteiger charge is 2.16. The molecular formula is C15H20N2O2. The lowest BCUT2D eigenvalue weighted by molar-refractivity contribution is 0.386. The molecule has 0 amide bonds. The molecule has 1 heterocycles. The van der Waals surface area contributed by atoms with Crippen molar-refractivity contribution in [1.29, 1.82) is 0 Å². The quantitative estimate of drug-likeness (QED) is 0.641. The highest BCUT2D eigenvalue weighted by atomic mass is 16.5. The molecule has 0 spiro atoms. The van der Waals surface area contributed by atoms with E-state index in [2.05, 4.69) is 18.4 Å². The van der Waals surface area contributed by atoms with E-state index in [1.165, 1.54) is 5.56 Å². The van der Waals surface area contributed by atoms with Gasteiger partial charge in [-0.3, -0.25) is 5.84 Å². The maximum Gasteiger partial charge on any atom is 0.122 e. The van der Waals surface area contributed by atoms with Gasteiger partial charge in [-0.05, 0) is 44.0 Å². The third-order valence-corrected chi connectivity index (χ3v) is 3.17. The summed E-state index contributed by atoms with van der Waals surface area (Å²) in [6, 6.07) is 9.94. The van der Waals surface area contributed by atoms with E-state index < -0.39 is 0 Å². The van der Waals surface area contributed by atoms with Crippen molar-refractivity contribution in [2.24, 2.45) is 5.84 Å². The van der Waals surface area contributed by atoms with E-state index in [1.807, 2.05) is 31.2 Å². The molecule has 0 aliphatic rings. The minimum atomic E-state index is -0.0654. The van der Waals surface area contributed by atoms with Gasteiger partial charge in [-0.15, -0.1) is 0 Å². The van der Waals surface area contributed by atoms with E-state index in [0.29, 0.717) is 6.42 Å². The summed E-state index contributed by atoms with van der Waals surface area (Å²) in [5, 5.41) is 0. The number of hydrazine groups is 1. The lowest BCUT2D eigenvalue weighted by Gasteiger charge is -2.16. The van der Waals surface area contributed by atoms with Crippen LogP contribution in [0.3, 0.4) is 0 Å². The molecule has 0 radical (unpaired) electrons. The van der Waals surface area contributed by atoms with E-state index in [-0.39, 0.29) is 6.04 Å². The Morgan fingerprint density at radius 1 is 1.26 bits per heavy atom. The standard InChI is InChI=1S/C15H20N2O2/c1-10-4-6-14(18-3)12(8-10)9-13(17-16)15-7-5-11(2)19-15/h4-8,13,17H,9,16H2,1-3H3. The van der Waals surface area contributed by atoms with Crippen LogP contribution in [0.15, 0.2) is 34.7 Å². The fourth-order valence-corrected chi connectivity index (χ4v) is 2.17. The molecule has 3 N–H and O–H groups in total. The third kappa shape index (κ3) is 3.16. The molecule has 0 saturated heterocycles. The summed E-state index contributed by atoms with van der Waals surface area (Å²) in [6.45, 7) is 3.98. The lowest BCUT2D eigenvalue weighted by atomic mass is 10.0. The van der Waals surface area contributed by atoms with Gasteiger partial charge in [0.05, 0.1) is 13.2 Å². The normalized spacial score (nSPS) is 12.4. The number of nitrogens with one attached hydrogen (secondary N) is 1. The molecule has 2 rings (SSSR count). The van der Waals surface area contributed by atoms with Crippen molar-refractivity contribution in [2.45, 2.75) is 26.3 Å². The minimum Gasteiger partial charge on any atom is -0.496 e. The maximum absolute atomic E-state index is 5.64. The first-order valence-corrected chi connectivity index (χ1v) is 6.30. The van der Waals surface area contributed by atoms with Crippen molar-refractivity contribution in [3.05, 3.63) is 53.0 Å². The maximum atomic E-state index is 5.64. The van der Waals surface area contributed by atoms with E-state index in [1.54, 1.807) is 7.11 Å². The summed E-state index contributed by atoms with van der Waals surface area (Å²) in [6.07, 6.45) is 0.717. The molecule has 4 nitrogen and oxygen atoms in total. The molecular weight excluding hydrogens is 240 g/mol. The van der Waals surface area contributed by atoms with E-state index in [0.717, 1.165) is 22.8 Å². The first kappa shape index (κ1) is 13.6. The highest BCUT2D eigenvalue weighted by molar-refractivity contribution is 5.37.